The highest BCUT2D eigenvalue weighted by Gasteiger charge is 2.44. The van der Waals surface area contributed by atoms with E-state index in [4.69, 9.17) is 0 Å². The summed E-state index contributed by atoms with van der Waals surface area (Å²) in [6.07, 6.45) is 0.949. The van der Waals surface area contributed by atoms with Crippen LogP contribution in [0, 0.1) is 0 Å². The van der Waals surface area contributed by atoms with E-state index in [1.807, 2.05) is 4.90 Å². The minimum Gasteiger partial charge on any atom is -0.336 e. The first-order valence-electron chi connectivity index (χ1n) is 10.5. The lowest BCUT2D eigenvalue weighted by molar-refractivity contribution is -0.136. The third-order valence-electron chi connectivity index (χ3n) is 6.50. The van der Waals surface area contributed by atoms with Gasteiger partial charge in [-0.2, -0.15) is 0 Å². The number of hydrogen-bond donors (Lipinski definition) is 3. The number of carbonyl (C=O) groups is 5. The van der Waals surface area contributed by atoms with Crippen LogP contribution in [-0.4, -0.2) is 77.1 Å². The molecule has 0 aromatic heterocycles. The number of fused-ring (bicyclic) bond motifs is 1. The summed E-state index contributed by atoms with van der Waals surface area (Å²) in [6.45, 7) is 2.80. The summed E-state index contributed by atoms with van der Waals surface area (Å²) in [5.74, 6) is -1.98. The first-order chi connectivity index (χ1) is 14.9. The van der Waals surface area contributed by atoms with Crippen molar-refractivity contribution in [1.29, 1.82) is 0 Å². The highest BCUT2D eigenvalue weighted by atomic mass is 16.2. The molecule has 4 aliphatic rings. The quantitative estimate of drug-likeness (QED) is 0.503. The van der Waals surface area contributed by atoms with E-state index in [9.17, 15) is 24.0 Å². The summed E-state index contributed by atoms with van der Waals surface area (Å²) in [7, 11) is 0. The Hall–Kier alpha value is -3.11. The van der Waals surface area contributed by atoms with Gasteiger partial charge in [0.1, 0.15) is 6.04 Å². The normalized spacial score (nSPS) is 26.4. The molecular weight excluding hydrogens is 402 g/mol. The van der Waals surface area contributed by atoms with Crippen LogP contribution < -0.4 is 16.0 Å². The van der Waals surface area contributed by atoms with Crippen LogP contribution in [0.5, 0.6) is 0 Å². The van der Waals surface area contributed by atoms with Crippen molar-refractivity contribution in [2.45, 2.75) is 43.9 Å². The molecule has 10 heteroatoms. The van der Waals surface area contributed by atoms with Crippen molar-refractivity contribution in [2.24, 2.45) is 0 Å². The van der Waals surface area contributed by atoms with E-state index in [-0.39, 0.29) is 42.0 Å². The predicted octanol–water partition coefficient (Wildman–Crippen LogP) is -1.25. The van der Waals surface area contributed by atoms with Crippen molar-refractivity contribution in [3.05, 3.63) is 34.9 Å². The Morgan fingerprint density at radius 1 is 1.00 bits per heavy atom. The molecule has 162 valence electrons. The predicted molar refractivity (Wildman–Crippen MR) is 107 cm³/mol. The van der Waals surface area contributed by atoms with Gasteiger partial charge in [-0.1, -0.05) is 6.07 Å². The Balaban J connectivity index is 1.27. The SMILES string of the molecule is O=C1CCC(N2C(=O)c3ccc(CNC4CCN(C5CNC5)C4=O)cc3C2=O)C(=O)N1. The summed E-state index contributed by atoms with van der Waals surface area (Å²) in [5, 5.41) is 8.62. The molecule has 0 saturated carbocycles. The minimum atomic E-state index is -0.977. The molecule has 2 atom stereocenters. The first kappa shape index (κ1) is 19.8. The summed E-state index contributed by atoms with van der Waals surface area (Å²) < 4.78 is 0. The van der Waals surface area contributed by atoms with Gasteiger partial charge in [-0.05, 0) is 30.5 Å². The maximum Gasteiger partial charge on any atom is 0.262 e. The third kappa shape index (κ3) is 3.31. The van der Waals surface area contributed by atoms with E-state index in [2.05, 4.69) is 16.0 Å². The number of likely N-dealkylation sites (tertiary alicyclic amines) is 1. The van der Waals surface area contributed by atoms with Crippen molar-refractivity contribution in [3.63, 3.8) is 0 Å². The number of imide groups is 2. The fourth-order valence-electron chi connectivity index (χ4n) is 4.62. The lowest BCUT2D eigenvalue weighted by Gasteiger charge is -2.35. The average Bonchev–Trinajstić information content (AvgIpc) is 3.17. The van der Waals surface area contributed by atoms with Gasteiger partial charge in [0.05, 0.1) is 23.2 Å². The summed E-state index contributed by atoms with van der Waals surface area (Å²) >= 11 is 0. The number of nitrogens with one attached hydrogen (secondary N) is 3. The summed E-state index contributed by atoms with van der Waals surface area (Å²) in [6, 6.07) is 4.02. The lowest BCUT2D eigenvalue weighted by atomic mass is 10.0. The van der Waals surface area contributed by atoms with Gasteiger partial charge in [0.25, 0.3) is 11.8 Å². The Morgan fingerprint density at radius 3 is 2.48 bits per heavy atom. The number of hydrogen-bond acceptors (Lipinski definition) is 7. The summed E-state index contributed by atoms with van der Waals surface area (Å²) in [4.78, 5) is 64.7. The van der Waals surface area contributed by atoms with E-state index in [0.29, 0.717) is 6.54 Å². The first-order valence-corrected chi connectivity index (χ1v) is 10.5. The molecule has 0 radical (unpaired) electrons. The second-order valence-corrected chi connectivity index (χ2v) is 8.39. The Morgan fingerprint density at radius 2 is 1.77 bits per heavy atom. The fraction of sp³-hybridized carbons (Fsp3) is 0.476. The molecule has 5 rings (SSSR count). The number of carbonyl (C=O) groups excluding carboxylic acids is 5. The zero-order valence-corrected chi connectivity index (χ0v) is 16.8. The molecule has 3 N–H and O–H groups in total. The Bertz CT molecular complexity index is 1000. The van der Waals surface area contributed by atoms with Gasteiger partial charge in [-0.3, -0.25) is 34.2 Å². The van der Waals surface area contributed by atoms with Gasteiger partial charge in [0.2, 0.25) is 17.7 Å². The second-order valence-electron chi connectivity index (χ2n) is 8.39. The topological polar surface area (TPSA) is 128 Å². The zero-order chi connectivity index (χ0) is 21.7. The molecule has 2 unspecified atom stereocenters. The van der Waals surface area contributed by atoms with Crippen LogP contribution in [0.4, 0.5) is 0 Å². The number of benzene rings is 1. The van der Waals surface area contributed by atoms with Gasteiger partial charge in [0.15, 0.2) is 0 Å². The highest BCUT2D eigenvalue weighted by Crippen LogP contribution is 2.28. The second kappa shape index (κ2) is 7.54. The molecule has 10 nitrogen and oxygen atoms in total. The molecule has 31 heavy (non-hydrogen) atoms. The molecule has 3 fully saturated rings. The molecule has 0 bridgehead atoms. The Kier molecular flexibility index (Phi) is 4.82. The number of amides is 5. The van der Waals surface area contributed by atoms with Crippen LogP contribution in [0.3, 0.4) is 0 Å². The monoisotopic (exact) mass is 425 g/mol. The van der Waals surface area contributed by atoms with Crippen molar-refractivity contribution in [1.82, 2.24) is 25.8 Å². The van der Waals surface area contributed by atoms with Gasteiger partial charge >= 0.3 is 0 Å². The maximum atomic E-state index is 12.9. The fourth-order valence-corrected chi connectivity index (χ4v) is 4.62. The molecule has 1 aromatic carbocycles. The van der Waals surface area contributed by atoms with Crippen molar-refractivity contribution in [3.8, 4) is 0 Å². The zero-order valence-electron chi connectivity index (χ0n) is 16.8. The molecule has 0 spiro atoms. The lowest BCUT2D eigenvalue weighted by Crippen LogP contribution is -2.58. The standard InChI is InChI=1S/C21H23N5O5/c27-17-4-3-16(18(28)24-17)26-19(29)13-2-1-11(7-14(13)20(26)30)8-23-15-5-6-25(21(15)31)12-9-22-10-12/h1-2,7,12,15-16,22-23H,3-6,8-10H2,(H,24,27,28). The van der Waals surface area contributed by atoms with Gasteiger partial charge in [-0.25, -0.2) is 0 Å². The van der Waals surface area contributed by atoms with E-state index in [0.717, 1.165) is 36.5 Å². The van der Waals surface area contributed by atoms with Crippen LogP contribution in [0.2, 0.25) is 0 Å². The van der Waals surface area contributed by atoms with E-state index >= 15 is 0 Å². The van der Waals surface area contributed by atoms with Gasteiger partial charge < -0.3 is 15.5 Å². The van der Waals surface area contributed by atoms with Crippen molar-refractivity contribution < 1.29 is 24.0 Å². The largest absolute Gasteiger partial charge is 0.336 e. The van der Waals surface area contributed by atoms with Crippen LogP contribution in [0.25, 0.3) is 0 Å². The maximum absolute atomic E-state index is 12.9. The van der Waals surface area contributed by atoms with Crippen molar-refractivity contribution in [2.75, 3.05) is 19.6 Å². The molecule has 5 amide bonds. The third-order valence-corrected chi connectivity index (χ3v) is 6.50. The number of rotatable bonds is 5. The molecule has 4 aliphatic heterocycles. The smallest absolute Gasteiger partial charge is 0.262 e. The van der Waals surface area contributed by atoms with E-state index in [1.165, 1.54) is 0 Å². The van der Waals surface area contributed by atoms with E-state index < -0.39 is 29.7 Å². The molecule has 4 heterocycles. The van der Waals surface area contributed by atoms with Crippen molar-refractivity contribution >= 4 is 29.5 Å². The van der Waals surface area contributed by atoms with Crippen LogP contribution in [0.15, 0.2) is 18.2 Å². The van der Waals surface area contributed by atoms with Crippen LogP contribution in [0.1, 0.15) is 45.5 Å². The van der Waals surface area contributed by atoms with Crippen LogP contribution in [-0.2, 0) is 20.9 Å². The minimum absolute atomic E-state index is 0.0857. The molecule has 1 aromatic rings. The number of piperidine rings is 1. The highest BCUT2D eigenvalue weighted by molar-refractivity contribution is 6.23. The van der Waals surface area contributed by atoms with Gasteiger partial charge in [-0.15, -0.1) is 0 Å². The summed E-state index contributed by atoms with van der Waals surface area (Å²) in [5.41, 5.74) is 1.27. The van der Waals surface area contributed by atoms with Gasteiger partial charge in [0, 0.05) is 32.6 Å². The molecule has 3 saturated heterocycles. The molecular formula is C21H23N5O5. The van der Waals surface area contributed by atoms with E-state index in [1.54, 1.807) is 18.2 Å². The average molecular weight is 425 g/mol. The molecule has 0 aliphatic carbocycles. The number of nitrogens with zero attached hydrogens (tertiary/aromatic N) is 2. The Labute approximate surface area is 178 Å². The van der Waals surface area contributed by atoms with Crippen LogP contribution >= 0.6 is 0 Å².